The number of hydrazone groups is 1. The number of carboxylic acid groups (broad SMARTS) is 1. The molecule has 3 amide bonds. The molecule has 10 heteroatoms. The maximum absolute atomic E-state index is 11.7. The first-order chi connectivity index (χ1) is 15.8. The molecule has 0 spiro atoms. The van der Waals surface area contributed by atoms with Crippen LogP contribution in [0.2, 0.25) is 0 Å². The summed E-state index contributed by atoms with van der Waals surface area (Å²) in [5.41, 5.74) is 4.22. The number of carbonyl (C=O) groups is 4. The molecule has 0 saturated heterocycles. The van der Waals surface area contributed by atoms with E-state index in [1.807, 2.05) is 0 Å². The highest BCUT2D eigenvalue weighted by atomic mass is 16.6. The molecule has 0 aliphatic heterocycles. The Labute approximate surface area is 201 Å². The summed E-state index contributed by atoms with van der Waals surface area (Å²) in [7, 11) is 0. The van der Waals surface area contributed by atoms with Crippen molar-refractivity contribution in [3.63, 3.8) is 0 Å². The van der Waals surface area contributed by atoms with Crippen molar-refractivity contribution < 1.29 is 29.0 Å². The topological polar surface area (TPSA) is 146 Å². The van der Waals surface area contributed by atoms with E-state index in [2.05, 4.69) is 52.3 Å². The van der Waals surface area contributed by atoms with Crippen molar-refractivity contribution in [1.29, 1.82) is 0 Å². The Kier molecular flexibility index (Phi) is 13.9. The van der Waals surface area contributed by atoms with Crippen molar-refractivity contribution in [3.05, 3.63) is 35.4 Å². The number of hydrogen-bond acceptors (Lipinski definition) is 6. The molecule has 0 heterocycles. The zero-order valence-corrected chi connectivity index (χ0v) is 21.1. The third-order valence-corrected chi connectivity index (χ3v) is 4.19. The van der Waals surface area contributed by atoms with Crippen LogP contribution < -0.4 is 16.1 Å². The van der Waals surface area contributed by atoms with Gasteiger partial charge in [0.25, 0.3) is 0 Å². The van der Waals surface area contributed by atoms with Crippen LogP contribution in [-0.4, -0.2) is 52.9 Å². The number of nitrogens with zero attached hydrogens (tertiary/aromatic N) is 1. The van der Waals surface area contributed by atoms with Gasteiger partial charge in [0.1, 0.15) is 17.7 Å². The Morgan fingerprint density at radius 2 is 1.68 bits per heavy atom. The second kappa shape index (κ2) is 15.4. The van der Waals surface area contributed by atoms with Crippen molar-refractivity contribution in [3.8, 4) is 0 Å². The van der Waals surface area contributed by atoms with Gasteiger partial charge in [-0.25, -0.2) is 10.2 Å². The van der Waals surface area contributed by atoms with E-state index in [0.717, 1.165) is 6.42 Å². The SMILES string of the molecule is CCC(=O)N/N=C/Cc1ccc(C)cc1.CCC(NC(=O)OC(C)(C)C)C(=O)NC(C)C(=O)O. The number of alkyl carbamates (subject to hydrolysis) is 1. The average Bonchev–Trinajstić information content (AvgIpc) is 2.75. The van der Waals surface area contributed by atoms with Gasteiger partial charge in [-0.2, -0.15) is 5.10 Å². The van der Waals surface area contributed by atoms with Gasteiger partial charge in [-0.3, -0.25) is 14.4 Å². The van der Waals surface area contributed by atoms with Gasteiger partial charge in [-0.15, -0.1) is 0 Å². The molecular formula is C24H38N4O6. The van der Waals surface area contributed by atoms with Gasteiger partial charge < -0.3 is 20.5 Å². The van der Waals surface area contributed by atoms with E-state index in [1.54, 1.807) is 40.8 Å². The summed E-state index contributed by atoms with van der Waals surface area (Å²) in [6.45, 7) is 12.0. The molecule has 0 aliphatic carbocycles. The summed E-state index contributed by atoms with van der Waals surface area (Å²) < 4.78 is 5.03. The minimum absolute atomic E-state index is 0.0600. The predicted octanol–water partition coefficient (Wildman–Crippen LogP) is 2.93. The van der Waals surface area contributed by atoms with Crippen molar-refractivity contribution in [2.24, 2.45) is 5.10 Å². The van der Waals surface area contributed by atoms with Crippen LogP contribution in [0.4, 0.5) is 4.79 Å². The van der Waals surface area contributed by atoms with Gasteiger partial charge in [0, 0.05) is 19.1 Å². The fourth-order valence-electron chi connectivity index (χ4n) is 2.25. The highest BCUT2D eigenvalue weighted by Gasteiger charge is 2.25. The van der Waals surface area contributed by atoms with E-state index in [-0.39, 0.29) is 5.91 Å². The molecular weight excluding hydrogens is 440 g/mol. The average molecular weight is 479 g/mol. The molecule has 4 N–H and O–H groups in total. The standard InChI is InChI=1S/C12H22N2O5.C12H16N2O/c1-6-8(9(15)13-7(2)10(16)17)14-11(18)19-12(3,4)5;1-3-12(15)14-13-9-8-11-6-4-10(2)5-7-11/h7-8H,6H2,1-5H3,(H,13,15)(H,14,18)(H,16,17);4-7,9H,3,8H2,1-2H3,(H,14,15)/b;13-9+. The normalized spacial score (nSPS) is 12.6. The lowest BCUT2D eigenvalue weighted by molar-refractivity contribution is -0.141. The van der Waals surface area contributed by atoms with Gasteiger partial charge in [0.2, 0.25) is 11.8 Å². The number of carbonyl (C=O) groups excluding carboxylic acids is 3. The number of rotatable bonds is 9. The van der Waals surface area contributed by atoms with Crippen LogP contribution in [0.5, 0.6) is 0 Å². The fraction of sp³-hybridized carbons (Fsp3) is 0.542. The monoisotopic (exact) mass is 478 g/mol. The number of carboxylic acids is 1. The van der Waals surface area contributed by atoms with E-state index in [1.165, 1.54) is 18.1 Å². The molecule has 1 aromatic rings. The van der Waals surface area contributed by atoms with Crippen LogP contribution in [0.15, 0.2) is 29.4 Å². The Morgan fingerprint density at radius 1 is 1.09 bits per heavy atom. The fourth-order valence-corrected chi connectivity index (χ4v) is 2.25. The molecule has 34 heavy (non-hydrogen) atoms. The number of ether oxygens (including phenoxy) is 1. The summed E-state index contributed by atoms with van der Waals surface area (Å²) in [4.78, 5) is 44.7. The molecule has 10 nitrogen and oxygen atoms in total. The molecule has 0 aromatic heterocycles. The molecule has 190 valence electrons. The van der Waals surface area contributed by atoms with Crippen LogP contribution in [0, 0.1) is 6.92 Å². The number of benzene rings is 1. The summed E-state index contributed by atoms with van der Waals surface area (Å²) >= 11 is 0. The van der Waals surface area contributed by atoms with Gasteiger partial charge in [0.05, 0.1) is 0 Å². The number of amides is 3. The largest absolute Gasteiger partial charge is 0.480 e. The molecule has 0 radical (unpaired) electrons. The van der Waals surface area contributed by atoms with Crippen molar-refractivity contribution in [2.75, 3.05) is 0 Å². The van der Waals surface area contributed by atoms with Crippen molar-refractivity contribution in [1.82, 2.24) is 16.1 Å². The van der Waals surface area contributed by atoms with E-state index < -0.39 is 35.7 Å². The second-order valence-corrected chi connectivity index (χ2v) is 8.57. The first-order valence-corrected chi connectivity index (χ1v) is 11.2. The second-order valence-electron chi connectivity index (χ2n) is 8.57. The quantitative estimate of drug-likeness (QED) is 0.317. The minimum Gasteiger partial charge on any atom is -0.480 e. The lowest BCUT2D eigenvalue weighted by atomic mass is 10.1. The van der Waals surface area contributed by atoms with E-state index in [0.29, 0.717) is 12.8 Å². The van der Waals surface area contributed by atoms with Crippen LogP contribution in [0.25, 0.3) is 0 Å². The van der Waals surface area contributed by atoms with E-state index >= 15 is 0 Å². The Hall–Kier alpha value is -3.43. The van der Waals surface area contributed by atoms with Crippen LogP contribution >= 0.6 is 0 Å². The summed E-state index contributed by atoms with van der Waals surface area (Å²) in [5, 5.41) is 17.2. The Morgan fingerprint density at radius 3 is 2.15 bits per heavy atom. The van der Waals surface area contributed by atoms with Gasteiger partial charge in [-0.05, 0) is 46.6 Å². The molecule has 2 atom stereocenters. The zero-order chi connectivity index (χ0) is 26.3. The first kappa shape index (κ1) is 30.6. The highest BCUT2D eigenvalue weighted by Crippen LogP contribution is 2.07. The molecule has 0 saturated carbocycles. The number of aliphatic carboxylic acids is 1. The lowest BCUT2D eigenvalue weighted by Crippen LogP contribution is -2.51. The van der Waals surface area contributed by atoms with Gasteiger partial charge >= 0.3 is 12.1 Å². The molecule has 1 aromatic carbocycles. The van der Waals surface area contributed by atoms with Gasteiger partial charge in [0.15, 0.2) is 0 Å². The molecule has 2 unspecified atom stereocenters. The maximum Gasteiger partial charge on any atom is 0.408 e. The Bertz CT molecular complexity index is 831. The first-order valence-electron chi connectivity index (χ1n) is 11.2. The molecule has 0 aliphatic rings. The highest BCUT2D eigenvalue weighted by molar-refractivity contribution is 5.89. The number of nitrogens with one attached hydrogen (secondary N) is 3. The summed E-state index contributed by atoms with van der Waals surface area (Å²) in [6.07, 6.45) is 2.53. The summed E-state index contributed by atoms with van der Waals surface area (Å²) in [6, 6.07) is 6.41. The van der Waals surface area contributed by atoms with Gasteiger partial charge in [-0.1, -0.05) is 43.7 Å². The number of hydrogen-bond donors (Lipinski definition) is 4. The Balaban J connectivity index is 0.000000657. The van der Waals surface area contributed by atoms with E-state index in [4.69, 9.17) is 9.84 Å². The van der Waals surface area contributed by atoms with E-state index in [9.17, 15) is 19.2 Å². The molecule has 0 fully saturated rings. The number of aryl methyl sites for hydroxylation is 1. The molecule has 0 bridgehead atoms. The summed E-state index contributed by atoms with van der Waals surface area (Å²) in [5.74, 6) is -1.75. The third kappa shape index (κ3) is 14.6. The maximum atomic E-state index is 11.7. The smallest absolute Gasteiger partial charge is 0.408 e. The zero-order valence-electron chi connectivity index (χ0n) is 21.1. The molecule has 1 rings (SSSR count). The van der Waals surface area contributed by atoms with Crippen LogP contribution in [0.3, 0.4) is 0 Å². The van der Waals surface area contributed by atoms with Crippen molar-refractivity contribution in [2.45, 2.75) is 85.4 Å². The minimum atomic E-state index is -1.14. The predicted molar refractivity (Wildman–Crippen MR) is 130 cm³/mol. The van der Waals surface area contributed by atoms with Crippen LogP contribution in [0.1, 0.15) is 65.5 Å². The lowest BCUT2D eigenvalue weighted by Gasteiger charge is -2.23. The van der Waals surface area contributed by atoms with Crippen LogP contribution in [-0.2, 0) is 25.5 Å². The van der Waals surface area contributed by atoms with Crippen molar-refractivity contribution >= 4 is 30.1 Å². The third-order valence-electron chi connectivity index (χ3n) is 4.19.